The summed E-state index contributed by atoms with van der Waals surface area (Å²) in [7, 11) is 1.71. The lowest BCUT2D eigenvalue weighted by Crippen LogP contribution is -2.40. The zero-order chi connectivity index (χ0) is 12.4. The van der Waals surface area contributed by atoms with Crippen molar-refractivity contribution in [2.75, 3.05) is 18.2 Å². The SMILES string of the molecule is COC1CC(Nc2cc(C(N)=O)ccc2N)C1. The summed E-state index contributed by atoms with van der Waals surface area (Å²) in [6.45, 7) is 0. The molecule has 1 aromatic rings. The summed E-state index contributed by atoms with van der Waals surface area (Å²) >= 11 is 0. The van der Waals surface area contributed by atoms with E-state index in [1.807, 2.05) is 0 Å². The van der Waals surface area contributed by atoms with Gasteiger partial charge in [-0.3, -0.25) is 4.79 Å². The summed E-state index contributed by atoms with van der Waals surface area (Å²) in [5.41, 5.74) is 12.9. The van der Waals surface area contributed by atoms with Crippen molar-refractivity contribution in [3.05, 3.63) is 23.8 Å². The molecule has 1 aromatic carbocycles. The number of hydrogen-bond acceptors (Lipinski definition) is 4. The van der Waals surface area contributed by atoms with Gasteiger partial charge in [0.05, 0.1) is 17.5 Å². The molecule has 1 fully saturated rings. The highest BCUT2D eigenvalue weighted by Gasteiger charge is 2.29. The third-order valence-electron chi connectivity index (χ3n) is 3.13. The summed E-state index contributed by atoms with van der Waals surface area (Å²) in [6, 6.07) is 5.36. The van der Waals surface area contributed by atoms with Crippen LogP contribution < -0.4 is 16.8 Å². The lowest BCUT2D eigenvalue weighted by molar-refractivity contribution is 0.0329. The monoisotopic (exact) mass is 235 g/mol. The largest absolute Gasteiger partial charge is 0.397 e. The maximum absolute atomic E-state index is 11.1. The number of benzene rings is 1. The van der Waals surface area contributed by atoms with E-state index in [1.54, 1.807) is 25.3 Å². The molecule has 0 atom stereocenters. The maximum Gasteiger partial charge on any atom is 0.248 e. The highest BCUT2D eigenvalue weighted by atomic mass is 16.5. The zero-order valence-corrected chi connectivity index (χ0v) is 9.77. The second-order valence-corrected chi connectivity index (χ2v) is 4.34. The molecule has 5 nitrogen and oxygen atoms in total. The van der Waals surface area contributed by atoms with Gasteiger partial charge >= 0.3 is 0 Å². The van der Waals surface area contributed by atoms with Crippen LogP contribution >= 0.6 is 0 Å². The number of rotatable bonds is 4. The molecule has 1 aliphatic rings. The fraction of sp³-hybridized carbons (Fsp3) is 0.417. The first kappa shape index (κ1) is 11.7. The van der Waals surface area contributed by atoms with Crippen LogP contribution in [-0.2, 0) is 4.74 Å². The number of nitrogens with two attached hydrogens (primary N) is 2. The van der Waals surface area contributed by atoms with Crippen molar-refractivity contribution in [2.24, 2.45) is 5.73 Å². The number of carbonyl (C=O) groups excluding carboxylic acids is 1. The average molecular weight is 235 g/mol. The second-order valence-electron chi connectivity index (χ2n) is 4.34. The Bertz CT molecular complexity index is 428. The van der Waals surface area contributed by atoms with Gasteiger partial charge in [-0.1, -0.05) is 0 Å². The number of carbonyl (C=O) groups is 1. The molecule has 0 saturated heterocycles. The molecule has 17 heavy (non-hydrogen) atoms. The smallest absolute Gasteiger partial charge is 0.248 e. The first-order valence-electron chi connectivity index (χ1n) is 5.59. The van der Waals surface area contributed by atoms with E-state index >= 15 is 0 Å². The molecule has 0 aromatic heterocycles. The highest BCUT2D eigenvalue weighted by Crippen LogP contribution is 2.29. The molecule has 0 radical (unpaired) electrons. The third kappa shape index (κ3) is 2.50. The molecule has 1 saturated carbocycles. The van der Waals surface area contributed by atoms with Crippen LogP contribution in [0.4, 0.5) is 11.4 Å². The first-order valence-corrected chi connectivity index (χ1v) is 5.59. The lowest BCUT2D eigenvalue weighted by Gasteiger charge is -2.35. The van der Waals surface area contributed by atoms with E-state index in [2.05, 4.69) is 5.32 Å². The number of ether oxygens (including phenoxy) is 1. The minimum absolute atomic E-state index is 0.327. The number of nitrogens with one attached hydrogen (secondary N) is 1. The summed E-state index contributed by atoms with van der Waals surface area (Å²) < 4.78 is 5.20. The van der Waals surface area contributed by atoms with E-state index in [0.717, 1.165) is 18.5 Å². The highest BCUT2D eigenvalue weighted by molar-refractivity contribution is 5.94. The molecular formula is C12H17N3O2. The van der Waals surface area contributed by atoms with Gasteiger partial charge in [-0.05, 0) is 31.0 Å². The van der Waals surface area contributed by atoms with E-state index in [9.17, 15) is 4.79 Å². The predicted octanol–water partition coefficient (Wildman–Crippen LogP) is 0.957. The van der Waals surface area contributed by atoms with Gasteiger partial charge in [0.1, 0.15) is 0 Å². The summed E-state index contributed by atoms with van der Waals surface area (Å²) in [5, 5.41) is 3.29. The molecular weight excluding hydrogens is 218 g/mol. The second kappa shape index (κ2) is 4.63. The molecule has 92 valence electrons. The number of methoxy groups -OCH3 is 1. The summed E-state index contributed by atoms with van der Waals surface area (Å²) in [5.74, 6) is -0.448. The minimum atomic E-state index is -0.448. The molecule has 5 heteroatoms. The summed E-state index contributed by atoms with van der Waals surface area (Å²) in [4.78, 5) is 11.1. The standard InChI is InChI=1S/C12H17N3O2/c1-17-9-5-8(6-9)15-11-4-7(12(14)16)2-3-10(11)13/h2-4,8-9,15H,5-6,13H2,1H3,(H2,14,16). The molecule has 0 bridgehead atoms. The van der Waals surface area contributed by atoms with Crippen molar-refractivity contribution < 1.29 is 9.53 Å². The molecule has 1 amide bonds. The van der Waals surface area contributed by atoms with Gasteiger partial charge in [-0.15, -0.1) is 0 Å². The topological polar surface area (TPSA) is 90.4 Å². The van der Waals surface area contributed by atoms with Crippen molar-refractivity contribution in [1.29, 1.82) is 0 Å². The van der Waals surface area contributed by atoms with Crippen LogP contribution in [0.5, 0.6) is 0 Å². The van der Waals surface area contributed by atoms with Crippen LogP contribution in [0, 0.1) is 0 Å². The van der Waals surface area contributed by atoms with Gasteiger partial charge in [-0.2, -0.15) is 0 Å². The number of amides is 1. The molecule has 0 spiro atoms. The number of hydrogen-bond donors (Lipinski definition) is 3. The van der Waals surface area contributed by atoms with Gasteiger partial charge in [-0.25, -0.2) is 0 Å². The van der Waals surface area contributed by atoms with Crippen molar-refractivity contribution >= 4 is 17.3 Å². The number of primary amides is 1. The molecule has 2 rings (SSSR count). The van der Waals surface area contributed by atoms with Crippen LogP contribution in [0.25, 0.3) is 0 Å². The predicted molar refractivity (Wildman–Crippen MR) is 66.8 cm³/mol. The minimum Gasteiger partial charge on any atom is -0.397 e. The van der Waals surface area contributed by atoms with Gasteiger partial charge in [0.2, 0.25) is 5.91 Å². The van der Waals surface area contributed by atoms with Crippen molar-refractivity contribution in [1.82, 2.24) is 0 Å². The average Bonchev–Trinajstić information content (AvgIpc) is 2.24. The Hall–Kier alpha value is -1.75. The van der Waals surface area contributed by atoms with Crippen LogP contribution in [0.2, 0.25) is 0 Å². The van der Waals surface area contributed by atoms with Crippen LogP contribution in [0.15, 0.2) is 18.2 Å². The van der Waals surface area contributed by atoms with E-state index in [0.29, 0.717) is 23.4 Å². The van der Waals surface area contributed by atoms with Crippen LogP contribution in [-0.4, -0.2) is 25.2 Å². The number of anilines is 2. The van der Waals surface area contributed by atoms with E-state index < -0.39 is 5.91 Å². The Balaban J connectivity index is 2.05. The third-order valence-corrected chi connectivity index (χ3v) is 3.13. The lowest BCUT2D eigenvalue weighted by atomic mass is 9.89. The quantitative estimate of drug-likeness (QED) is 0.678. The van der Waals surface area contributed by atoms with Gasteiger partial charge < -0.3 is 21.5 Å². The van der Waals surface area contributed by atoms with Crippen molar-refractivity contribution in [2.45, 2.75) is 25.0 Å². The van der Waals surface area contributed by atoms with E-state index in [4.69, 9.17) is 16.2 Å². The van der Waals surface area contributed by atoms with Crippen molar-refractivity contribution in [3.8, 4) is 0 Å². The van der Waals surface area contributed by atoms with Crippen LogP contribution in [0.3, 0.4) is 0 Å². The first-order chi connectivity index (χ1) is 8.10. The van der Waals surface area contributed by atoms with Crippen LogP contribution in [0.1, 0.15) is 23.2 Å². The number of nitrogen functional groups attached to an aromatic ring is 1. The maximum atomic E-state index is 11.1. The fourth-order valence-electron chi connectivity index (χ4n) is 1.93. The molecule has 0 heterocycles. The zero-order valence-electron chi connectivity index (χ0n) is 9.77. The Labute approximate surface area is 100 Å². The molecule has 0 aliphatic heterocycles. The van der Waals surface area contributed by atoms with Gasteiger partial charge in [0.25, 0.3) is 0 Å². The Morgan fingerprint density at radius 2 is 2.18 bits per heavy atom. The van der Waals surface area contributed by atoms with E-state index in [1.165, 1.54) is 0 Å². The van der Waals surface area contributed by atoms with Crippen molar-refractivity contribution in [3.63, 3.8) is 0 Å². The van der Waals surface area contributed by atoms with Gasteiger partial charge in [0, 0.05) is 18.7 Å². The fourth-order valence-corrected chi connectivity index (χ4v) is 1.93. The normalized spacial score (nSPS) is 22.9. The Morgan fingerprint density at radius 3 is 2.76 bits per heavy atom. The summed E-state index contributed by atoms with van der Waals surface area (Å²) in [6.07, 6.45) is 2.24. The molecule has 5 N–H and O–H groups in total. The molecule has 1 aliphatic carbocycles. The van der Waals surface area contributed by atoms with E-state index in [-0.39, 0.29) is 0 Å². The Kier molecular flexibility index (Phi) is 3.19. The molecule has 0 unspecified atom stereocenters. The van der Waals surface area contributed by atoms with Gasteiger partial charge in [0.15, 0.2) is 0 Å². The Morgan fingerprint density at radius 1 is 1.47 bits per heavy atom.